The van der Waals surface area contributed by atoms with Crippen molar-refractivity contribution in [2.24, 2.45) is 5.41 Å². The van der Waals surface area contributed by atoms with Gasteiger partial charge in [0, 0.05) is 13.6 Å². The Hall–Kier alpha value is -1.30. The molecule has 0 saturated heterocycles. The van der Waals surface area contributed by atoms with Gasteiger partial charge in [-0.2, -0.15) is 0 Å². The van der Waals surface area contributed by atoms with E-state index in [0.29, 0.717) is 6.54 Å². The summed E-state index contributed by atoms with van der Waals surface area (Å²) in [7, 11) is 3.51. The average Bonchev–Trinajstić information content (AvgIpc) is 2.23. The third kappa shape index (κ3) is 5.86. The molecule has 0 aromatic heterocycles. The molecular formula is C12H25N3O3. The molecule has 0 saturated carbocycles. The molecule has 0 spiro atoms. The molecule has 0 aliphatic rings. The molecule has 0 aliphatic carbocycles. The van der Waals surface area contributed by atoms with Crippen molar-refractivity contribution in [3.05, 3.63) is 0 Å². The zero-order valence-corrected chi connectivity index (χ0v) is 11.9. The van der Waals surface area contributed by atoms with Crippen molar-refractivity contribution in [2.45, 2.75) is 33.2 Å². The number of carboxylic acid groups (broad SMARTS) is 1. The predicted molar refractivity (Wildman–Crippen MR) is 70.6 cm³/mol. The van der Waals surface area contributed by atoms with Crippen LogP contribution in [-0.4, -0.2) is 55.2 Å². The number of amides is 2. The van der Waals surface area contributed by atoms with Gasteiger partial charge in [-0.1, -0.05) is 20.8 Å². The zero-order valence-electron chi connectivity index (χ0n) is 11.9. The van der Waals surface area contributed by atoms with Gasteiger partial charge in [-0.25, -0.2) is 9.59 Å². The van der Waals surface area contributed by atoms with Gasteiger partial charge < -0.3 is 20.6 Å². The molecule has 2 amide bonds. The maximum absolute atomic E-state index is 11.8. The topological polar surface area (TPSA) is 81.7 Å². The van der Waals surface area contributed by atoms with Gasteiger partial charge in [-0.15, -0.1) is 0 Å². The normalized spacial score (nSPS) is 12.9. The SMILES string of the molecule is CNCCCN(C)C(=O)N[C@@H](C(=O)O)C(C)(C)C. The molecule has 0 heterocycles. The van der Waals surface area contributed by atoms with E-state index in [9.17, 15) is 9.59 Å². The van der Waals surface area contributed by atoms with Crippen LogP contribution in [0.3, 0.4) is 0 Å². The molecule has 18 heavy (non-hydrogen) atoms. The standard InChI is InChI=1S/C12H25N3O3/c1-12(2,3)9(10(16)17)14-11(18)15(5)8-6-7-13-4/h9,13H,6-8H2,1-5H3,(H,14,18)(H,16,17)/t9-/m0/s1. The lowest BCUT2D eigenvalue weighted by molar-refractivity contribution is -0.142. The van der Waals surface area contributed by atoms with Crippen molar-refractivity contribution in [1.82, 2.24) is 15.5 Å². The molecule has 106 valence electrons. The van der Waals surface area contributed by atoms with Crippen molar-refractivity contribution in [1.29, 1.82) is 0 Å². The number of carbonyl (C=O) groups is 2. The molecule has 0 rings (SSSR count). The number of hydrogen-bond donors (Lipinski definition) is 3. The van der Waals surface area contributed by atoms with E-state index in [4.69, 9.17) is 5.11 Å². The fraction of sp³-hybridized carbons (Fsp3) is 0.833. The van der Waals surface area contributed by atoms with E-state index in [0.717, 1.165) is 13.0 Å². The lowest BCUT2D eigenvalue weighted by atomic mass is 9.87. The fourth-order valence-electron chi connectivity index (χ4n) is 1.48. The second-order valence-electron chi connectivity index (χ2n) is 5.47. The first-order chi connectivity index (χ1) is 8.20. The van der Waals surface area contributed by atoms with Crippen molar-refractivity contribution in [3.63, 3.8) is 0 Å². The highest BCUT2D eigenvalue weighted by Crippen LogP contribution is 2.19. The summed E-state index contributed by atoms with van der Waals surface area (Å²) < 4.78 is 0. The summed E-state index contributed by atoms with van der Waals surface area (Å²) in [4.78, 5) is 24.5. The molecule has 0 unspecified atom stereocenters. The Balaban J connectivity index is 4.38. The second-order valence-corrected chi connectivity index (χ2v) is 5.47. The summed E-state index contributed by atoms with van der Waals surface area (Å²) in [6, 6.07) is -1.25. The van der Waals surface area contributed by atoms with Crippen molar-refractivity contribution < 1.29 is 14.7 Å². The van der Waals surface area contributed by atoms with Gasteiger partial charge in [-0.3, -0.25) is 0 Å². The van der Waals surface area contributed by atoms with Crippen LogP contribution in [0.4, 0.5) is 4.79 Å². The highest BCUT2D eigenvalue weighted by molar-refractivity contribution is 5.83. The summed E-state index contributed by atoms with van der Waals surface area (Å²) >= 11 is 0. The maximum atomic E-state index is 11.8. The van der Waals surface area contributed by atoms with Gasteiger partial charge in [0.05, 0.1) is 0 Å². The van der Waals surface area contributed by atoms with Gasteiger partial charge >= 0.3 is 12.0 Å². The smallest absolute Gasteiger partial charge is 0.326 e. The van der Waals surface area contributed by atoms with Crippen LogP contribution < -0.4 is 10.6 Å². The van der Waals surface area contributed by atoms with E-state index < -0.39 is 17.4 Å². The van der Waals surface area contributed by atoms with Crippen molar-refractivity contribution >= 4 is 12.0 Å². The van der Waals surface area contributed by atoms with Crippen LogP contribution in [0.1, 0.15) is 27.2 Å². The van der Waals surface area contributed by atoms with Crippen LogP contribution >= 0.6 is 0 Å². The number of rotatable bonds is 6. The van der Waals surface area contributed by atoms with Gasteiger partial charge in [0.15, 0.2) is 0 Å². The quantitative estimate of drug-likeness (QED) is 0.614. The third-order valence-electron chi connectivity index (χ3n) is 2.65. The van der Waals surface area contributed by atoms with E-state index in [2.05, 4.69) is 10.6 Å². The van der Waals surface area contributed by atoms with Crippen LogP contribution in [0.5, 0.6) is 0 Å². The summed E-state index contributed by atoms with van der Waals surface area (Å²) in [5, 5.41) is 14.7. The monoisotopic (exact) mass is 259 g/mol. The van der Waals surface area contributed by atoms with Crippen LogP contribution in [-0.2, 0) is 4.79 Å². The molecule has 0 bridgehead atoms. The van der Waals surface area contributed by atoms with Crippen LogP contribution in [0, 0.1) is 5.41 Å². The molecule has 0 aromatic carbocycles. The largest absolute Gasteiger partial charge is 0.480 e. The van der Waals surface area contributed by atoms with Crippen LogP contribution in [0.2, 0.25) is 0 Å². The van der Waals surface area contributed by atoms with Crippen LogP contribution in [0.25, 0.3) is 0 Å². The zero-order chi connectivity index (χ0) is 14.3. The summed E-state index contributed by atoms with van der Waals surface area (Å²) in [6.07, 6.45) is 0.827. The number of urea groups is 1. The first-order valence-corrected chi connectivity index (χ1v) is 6.09. The first kappa shape index (κ1) is 16.7. The third-order valence-corrected chi connectivity index (χ3v) is 2.65. The van der Waals surface area contributed by atoms with E-state index in [1.165, 1.54) is 4.90 Å². The van der Waals surface area contributed by atoms with E-state index in [1.54, 1.807) is 27.8 Å². The molecule has 3 N–H and O–H groups in total. The molecule has 0 aromatic rings. The van der Waals surface area contributed by atoms with Gasteiger partial charge in [-0.05, 0) is 25.4 Å². The summed E-state index contributed by atoms with van der Waals surface area (Å²) in [6.45, 7) is 6.76. The molecule has 6 heteroatoms. The summed E-state index contributed by atoms with van der Waals surface area (Å²) in [5.74, 6) is -1.01. The number of nitrogens with zero attached hydrogens (tertiary/aromatic N) is 1. The fourth-order valence-corrected chi connectivity index (χ4v) is 1.48. The Morgan fingerprint density at radius 3 is 2.28 bits per heavy atom. The molecule has 0 aliphatic heterocycles. The van der Waals surface area contributed by atoms with Crippen molar-refractivity contribution in [3.8, 4) is 0 Å². The highest BCUT2D eigenvalue weighted by Gasteiger charge is 2.33. The van der Waals surface area contributed by atoms with Gasteiger partial charge in [0.2, 0.25) is 0 Å². The first-order valence-electron chi connectivity index (χ1n) is 6.09. The van der Waals surface area contributed by atoms with E-state index in [-0.39, 0.29) is 6.03 Å². The van der Waals surface area contributed by atoms with E-state index in [1.807, 2.05) is 7.05 Å². The minimum atomic E-state index is -1.01. The minimum absolute atomic E-state index is 0.353. The molecule has 0 radical (unpaired) electrons. The maximum Gasteiger partial charge on any atom is 0.326 e. The lowest BCUT2D eigenvalue weighted by Gasteiger charge is -2.29. The Labute approximate surface area is 109 Å². The highest BCUT2D eigenvalue weighted by atomic mass is 16.4. The second kappa shape index (κ2) is 7.20. The predicted octanol–water partition coefficient (Wildman–Crippen LogP) is 0.737. The van der Waals surface area contributed by atoms with Crippen LogP contribution in [0.15, 0.2) is 0 Å². The van der Waals surface area contributed by atoms with Gasteiger partial charge in [0.25, 0.3) is 0 Å². The molecule has 6 nitrogen and oxygen atoms in total. The summed E-state index contributed by atoms with van der Waals surface area (Å²) in [5.41, 5.74) is -0.521. The number of aliphatic carboxylic acids is 1. The Bertz CT molecular complexity index is 287. The van der Waals surface area contributed by atoms with E-state index >= 15 is 0 Å². The number of nitrogens with one attached hydrogen (secondary N) is 2. The average molecular weight is 259 g/mol. The number of hydrogen-bond acceptors (Lipinski definition) is 3. The Kier molecular flexibility index (Phi) is 6.68. The van der Waals surface area contributed by atoms with Gasteiger partial charge in [0.1, 0.15) is 6.04 Å². The minimum Gasteiger partial charge on any atom is -0.480 e. The number of carboxylic acids is 1. The molecule has 0 fully saturated rings. The molecule has 1 atom stereocenters. The Morgan fingerprint density at radius 2 is 1.89 bits per heavy atom. The number of carbonyl (C=O) groups excluding carboxylic acids is 1. The molecular weight excluding hydrogens is 234 g/mol. The Morgan fingerprint density at radius 1 is 1.33 bits per heavy atom. The van der Waals surface area contributed by atoms with Crippen molar-refractivity contribution in [2.75, 3.05) is 27.2 Å². The lowest BCUT2D eigenvalue weighted by Crippen LogP contribution is -2.52.